The van der Waals surface area contributed by atoms with Crippen LogP contribution in [-0.2, 0) is 10.8 Å². The molecule has 31 rings (SSSR count). The van der Waals surface area contributed by atoms with Gasteiger partial charge in [-0.15, -0.1) is 0 Å². The monoisotopic (exact) mass is 1550 g/mol. The third kappa shape index (κ3) is 9.31. The minimum Gasteiger partial charge on any atom is -0.456 e. The van der Waals surface area contributed by atoms with E-state index in [0.717, 1.165) is 75.0 Å². The molecular weight excluding hydrogens is 1470 g/mol. The molecule has 0 aliphatic heterocycles. The Morgan fingerprint density at radius 2 is 0.521 bits per heavy atom. The van der Waals surface area contributed by atoms with Crippen LogP contribution in [0.5, 0.6) is 0 Å². The lowest BCUT2D eigenvalue weighted by atomic mass is 9.43. The number of hydrogen-bond donors (Lipinski definition) is 0. The third-order valence-corrected chi connectivity index (χ3v) is 31.8. The summed E-state index contributed by atoms with van der Waals surface area (Å²) in [6, 6.07) is 133. The van der Waals surface area contributed by atoms with E-state index in [4.69, 9.17) is 4.42 Å². The first-order valence-electron chi connectivity index (χ1n) is 44.6. The number of furan rings is 1. The average molecular weight is 1550 g/mol. The molecule has 0 atom stereocenters. The Kier molecular flexibility index (Phi) is 14.0. The first kappa shape index (κ1) is 67.4. The number of aromatic nitrogens is 4. The summed E-state index contributed by atoms with van der Waals surface area (Å²) in [5.74, 6) is 6.70. The van der Waals surface area contributed by atoms with Gasteiger partial charge in [0.2, 0.25) is 0 Å². The molecule has 5 aromatic heterocycles. The van der Waals surface area contributed by atoms with Crippen molar-refractivity contribution >= 4 is 109 Å². The van der Waals surface area contributed by atoms with Crippen LogP contribution in [0.3, 0.4) is 0 Å². The van der Waals surface area contributed by atoms with Crippen molar-refractivity contribution in [3.63, 3.8) is 0 Å². The maximum Gasteiger partial charge on any atom is 0.135 e. The fourth-order valence-corrected chi connectivity index (χ4v) is 27.6. The molecule has 0 amide bonds. The zero-order valence-corrected chi connectivity index (χ0v) is 67.4. The van der Waals surface area contributed by atoms with Gasteiger partial charge in [-0.2, -0.15) is 0 Å². The topological polar surface area (TPSA) is 32.9 Å². The number of fused-ring (bicyclic) bond motifs is 21. The van der Waals surface area contributed by atoms with Crippen molar-refractivity contribution in [1.82, 2.24) is 18.3 Å². The second-order valence-electron chi connectivity index (χ2n) is 37.4. The summed E-state index contributed by atoms with van der Waals surface area (Å²) in [7, 11) is 0. The van der Waals surface area contributed by atoms with Gasteiger partial charge in [-0.25, -0.2) is 0 Å². The first-order chi connectivity index (χ1) is 59.9. The number of hydrogen-bond acceptors (Lipinski definition) is 1. The maximum atomic E-state index is 6.21. The number of benzene rings is 16. The lowest BCUT2D eigenvalue weighted by molar-refractivity contribution is -0.0399. The Labute approximate surface area is 702 Å². The molecule has 21 aromatic rings. The predicted octanol–water partition coefficient (Wildman–Crippen LogP) is 30.1. The Bertz CT molecular complexity index is 7970. The zero-order chi connectivity index (χ0) is 78.7. The molecule has 0 saturated heterocycles. The summed E-state index contributed by atoms with van der Waals surface area (Å²) in [6.07, 6.45) is 14.1. The summed E-state index contributed by atoms with van der Waals surface area (Å²) < 4.78 is 16.2. The van der Waals surface area contributed by atoms with Crippen LogP contribution < -0.4 is 0 Å². The lowest BCUT2D eigenvalue weighted by Gasteiger charge is -2.61. The Hall–Kier alpha value is -13.5. The molecule has 121 heavy (non-hydrogen) atoms. The molecule has 8 bridgehead atoms. The Morgan fingerprint density at radius 3 is 0.967 bits per heavy atom. The van der Waals surface area contributed by atoms with Crippen molar-refractivity contribution in [2.24, 2.45) is 47.3 Å². The molecule has 5 heterocycles. The normalized spacial score (nSPS) is 22.4. The summed E-state index contributed by atoms with van der Waals surface area (Å²) in [4.78, 5) is 0. The van der Waals surface area contributed by atoms with Gasteiger partial charge in [0.15, 0.2) is 0 Å². The number of nitrogens with zero attached hydrogens (tertiary/aromatic N) is 4. The molecule has 0 N–H and O–H groups in total. The van der Waals surface area contributed by atoms with Crippen molar-refractivity contribution in [2.45, 2.75) is 75.0 Å². The van der Waals surface area contributed by atoms with Crippen LogP contribution in [0.1, 0.15) is 86.5 Å². The van der Waals surface area contributed by atoms with Crippen LogP contribution in [-0.4, -0.2) is 18.3 Å². The maximum absolute atomic E-state index is 6.21. The van der Waals surface area contributed by atoms with Crippen molar-refractivity contribution < 1.29 is 4.42 Å². The van der Waals surface area contributed by atoms with Crippen LogP contribution in [0.4, 0.5) is 0 Å². The van der Waals surface area contributed by atoms with Crippen LogP contribution in [0.25, 0.3) is 188 Å². The van der Waals surface area contributed by atoms with Gasteiger partial charge in [-0.1, -0.05) is 224 Å². The quantitative estimate of drug-likeness (QED) is 0.157. The van der Waals surface area contributed by atoms with Crippen molar-refractivity contribution in [3.05, 3.63) is 374 Å². The smallest absolute Gasteiger partial charge is 0.135 e. The molecule has 10 aliphatic carbocycles. The summed E-state index contributed by atoms with van der Waals surface area (Å²) in [5, 5.41) is 12.5. The van der Waals surface area contributed by atoms with E-state index in [9.17, 15) is 0 Å². The van der Waals surface area contributed by atoms with Gasteiger partial charge in [0, 0.05) is 87.3 Å². The van der Waals surface area contributed by atoms with E-state index in [2.05, 4.69) is 364 Å². The van der Waals surface area contributed by atoms with E-state index in [1.807, 2.05) is 6.07 Å². The molecule has 10 aliphatic rings. The van der Waals surface area contributed by atoms with Crippen molar-refractivity contribution in [1.29, 1.82) is 0 Å². The number of rotatable bonds is 7. The molecule has 5 heteroatoms. The molecule has 16 aromatic carbocycles. The molecule has 576 valence electrons. The van der Waals surface area contributed by atoms with E-state index in [1.165, 1.54) is 224 Å². The van der Waals surface area contributed by atoms with Crippen LogP contribution in [0.2, 0.25) is 0 Å². The minimum atomic E-state index is 0.142. The van der Waals surface area contributed by atoms with Crippen molar-refractivity contribution in [2.75, 3.05) is 0 Å². The molecule has 5 nitrogen and oxygen atoms in total. The van der Waals surface area contributed by atoms with Gasteiger partial charge in [0.1, 0.15) is 11.2 Å². The van der Waals surface area contributed by atoms with Gasteiger partial charge in [0.25, 0.3) is 0 Å². The fraction of sp³-hybridized carbons (Fsp3) is 0.172. The van der Waals surface area contributed by atoms with Gasteiger partial charge in [-0.3, -0.25) is 0 Å². The highest BCUT2D eigenvalue weighted by molar-refractivity contribution is 6.16. The molecule has 0 unspecified atom stereocenters. The summed E-state index contributed by atoms with van der Waals surface area (Å²) in [5.41, 5.74) is 36.7. The van der Waals surface area contributed by atoms with Gasteiger partial charge >= 0.3 is 0 Å². The summed E-state index contributed by atoms with van der Waals surface area (Å²) >= 11 is 0. The standard InChI is InChI=1S/C58H42N2O.C58H44N2/c1-5-13-50-42(9-1)43-21-19-41(33-51(43)58(50)38-26-34-25-35(28-38)29-39(58)27-34)60-53-15-7-3-11-45(53)48-31-37(18-23-55(48)60)36-17-22-54-47(30-36)44-10-2-6-14-52(44)59(54)40-20-24-57-49(32-40)46-12-4-8-16-56(46)61-57;1-2-12-38(13-3-1)44-14-5-9-19-53(44)60-55-21-11-7-17-48(55)50-34-40(23-27-57(50)60)39-22-26-56-49(33-39)47-16-6-10-20-54(47)59(56)43-24-25-46-45-15-4-8-18-51(45)58(52(46)35-43)41-29-36-28-37(31-41)32-42(58)30-36/h1-24,30-35,38-39H,25-29H2;1-27,33-37,41-42H,28-32H2. The highest BCUT2D eigenvalue weighted by Crippen LogP contribution is 2.72. The van der Waals surface area contributed by atoms with E-state index in [0.29, 0.717) is 0 Å². The largest absolute Gasteiger partial charge is 0.456 e. The molecule has 8 fully saturated rings. The van der Waals surface area contributed by atoms with Crippen LogP contribution in [0, 0.1) is 47.3 Å². The zero-order valence-electron chi connectivity index (χ0n) is 67.4. The summed E-state index contributed by atoms with van der Waals surface area (Å²) in [6.45, 7) is 0. The highest BCUT2D eigenvalue weighted by Gasteiger charge is 2.63. The van der Waals surface area contributed by atoms with E-state index in [-0.39, 0.29) is 10.8 Å². The second-order valence-corrected chi connectivity index (χ2v) is 37.4. The molecular formula is C116H86N4O. The Morgan fingerprint density at radius 1 is 0.198 bits per heavy atom. The van der Waals surface area contributed by atoms with E-state index < -0.39 is 0 Å². The average Bonchev–Trinajstić information content (AvgIpc) is 1.54. The second kappa shape index (κ2) is 25.1. The van der Waals surface area contributed by atoms with E-state index >= 15 is 0 Å². The van der Waals surface area contributed by atoms with Crippen molar-refractivity contribution in [3.8, 4) is 78.4 Å². The molecule has 0 radical (unpaired) electrons. The van der Waals surface area contributed by atoms with Crippen LogP contribution >= 0.6 is 0 Å². The fourth-order valence-electron chi connectivity index (χ4n) is 27.6. The van der Waals surface area contributed by atoms with Gasteiger partial charge < -0.3 is 22.7 Å². The molecule has 8 saturated carbocycles. The minimum absolute atomic E-state index is 0.142. The van der Waals surface area contributed by atoms with Crippen LogP contribution in [0.15, 0.2) is 356 Å². The lowest BCUT2D eigenvalue weighted by Crippen LogP contribution is -2.55. The third-order valence-electron chi connectivity index (χ3n) is 31.8. The Balaban J connectivity index is 0.000000125. The highest BCUT2D eigenvalue weighted by atomic mass is 16.3. The molecule has 2 spiro atoms. The van der Waals surface area contributed by atoms with Gasteiger partial charge in [-0.05, 0) is 311 Å². The SMILES string of the molecule is c1ccc(-c2ccccc2-n2c3ccccc3c3cc(-c4ccc5c(c4)c4ccccc4n5-c4ccc5c(c4)C4(c6ccccc6-5)C5CC6CC(C5)CC4C6)ccc32)cc1.c1ccc2c(c1)-c1ccc(-n3c4ccccc4c4cc(-c5ccc6c(c5)c5ccccc5n6-c5ccc6oc7ccccc7c6c5)ccc43)cc1C21C2CC3CC(C2)CC1C3. The number of para-hydroxylation sites is 6. The van der Waals surface area contributed by atoms with Gasteiger partial charge in [0.05, 0.1) is 49.8 Å². The van der Waals surface area contributed by atoms with E-state index in [1.54, 1.807) is 22.3 Å². The first-order valence-corrected chi connectivity index (χ1v) is 44.6. The predicted molar refractivity (Wildman–Crippen MR) is 500 cm³/mol.